The Morgan fingerprint density at radius 1 is 1.11 bits per heavy atom. The Morgan fingerprint density at radius 3 is 2.54 bits per heavy atom. The van der Waals surface area contributed by atoms with Crippen LogP contribution in [0, 0.1) is 0 Å². The smallest absolute Gasteiger partial charge is 0.233 e. The molecule has 6 nitrogen and oxygen atoms in total. The van der Waals surface area contributed by atoms with E-state index in [9.17, 15) is 8.42 Å². The van der Waals surface area contributed by atoms with Crippen molar-refractivity contribution < 1.29 is 17.6 Å². The Labute approximate surface area is 168 Å². The SMILES string of the molecule is O=S(=O)(c1ccccc1)c1nc(-c2ccc(Cl)cc2)oc1NCC1CCCO1. The maximum atomic E-state index is 13.1. The minimum absolute atomic E-state index is 0.0244. The van der Waals surface area contributed by atoms with Gasteiger partial charge >= 0.3 is 0 Å². The summed E-state index contributed by atoms with van der Waals surface area (Å²) in [7, 11) is -3.84. The van der Waals surface area contributed by atoms with Crippen LogP contribution in [0.15, 0.2) is 68.9 Å². The summed E-state index contributed by atoms with van der Waals surface area (Å²) in [6.45, 7) is 1.17. The molecule has 28 heavy (non-hydrogen) atoms. The summed E-state index contributed by atoms with van der Waals surface area (Å²) in [5, 5.41) is 3.51. The molecule has 0 radical (unpaired) electrons. The topological polar surface area (TPSA) is 81.4 Å². The average Bonchev–Trinajstić information content (AvgIpc) is 3.38. The van der Waals surface area contributed by atoms with E-state index in [4.69, 9.17) is 20.8 Å². The number of oxazole rings is 1. The number of hydrogen-bond acceptors (Lipinski definition) is 6. The van der Waals surface area contributed by atoms with E-state index < -0.39 is 9.84 Å². The molecular formula is C20H19ClN2O4S. The van der Waals surface area contributed by atoms with Crippen LogP contribution in [0.1, 0.15) is 12.8 Å². The first-order valence-corrected chi connectivity index (χ1v) is 10.8. The highest BCUT2D eigenvalue weighted by atomic mass is 35.5. The first kappa shape index (κ1) is 19.0. The number of hydrogen-bond donors (Lipinski definition) is 1. The highest BCUT2D eigenvalue weighted by molar-refractivity contribution is 7.91. The molecule has 1 fully saturated rings. The van der Waals surface area contributed by atoms with Gasteiger partial charge in [-0.15, -0.1) is 0 Å². The Kier molecular flexibility index (Phi) is 5.39. The highest BCUT2D eigenvalue weighted by Gasteiger charge is 2.29. The lowest BCUT2D eigenvalue weighted by molar-refractivity contribution is 0.120. The van der Waals surface area contributed by atoms with Gasteiger partial charge in [0.1, 0.15) is 0 Å². The second-order valence-corrected chi connectivity index (χ2v) is 8.79. The summed E-state index contributed by atoms with van der Waals surface area (Å²) in [5.41, 5.74) is 0.638. The minimum Gasteiger partial charge on any atom is -0.419 e. The van der Waals surface area contributed by atoms with Gasteiger partial charge in [0.2, 0.25) is 26.6 Å². The largest absolute Gasteiger partial charge is 0.419 e. The lowest BCUT2D eigenvalue weighted by atomic mass is 10.2. The van der Waals surface area contributed by atoms with Crippen molar-refractivity contribution in [3.63, 3.8) is 0 Å². The molecule has 1 N–H and O–H groups in total. The quantitative estimate of drug-likeness (QED) is 0.638. The first-order chi connectivity index (χ1) is 13.5. The molecule has 3 aromatic rings. The van der Waals surface area contributed by atoms with Gasteiger partial charge in [-0.2, -0.15) is 4.98 Å². The molecule has 1 unspecified atom stereocenters. The maximum absolute atomic E-state index is 13.1. The molecule has 1 aromatic heterocycles. The van der Waals surface area contributed by atoms with E-state index in [1.165, 1.54) is 12.1 Å². The van der Waals surface area contributed by atoms with Gasteiger partial charge in [-0.05, 0) is 49.2 Å². The van der Waals surface area contributed by atoms with Gasteiger partial charge < -0.3 is 14.5 Å². The summed E-state index contributed by atoms with van der Waals surface area (Å²) in [4.78, 5) is 4.46. The predicted molar refractivity (Wildman–Crippen MR) is 106 cm³/mol. The van der Waals surface area contributed by atoms with Gasteiger partial charge in [0.15, 0.2) is 0 Å². The van der Waals surface area contributed by atoms with Crippen molar-refractivity contribution in [2.45, 2.75) is 28.9 Å². The van der Waals surface area contributed by atoms with Crippen molar-refractivity contribution >= 4 is 27.3 Å². The number of nitrogens with zero attached hydrogens (tertiary/aromatic N) is 1. The molecule has 1 atom stereocenters. The van der Waals surface area contributed by atoms with E-state index in [2.05, 4.69) is 10.3 Å². The van der Waals surface area contributed by atoms with Crippen molar-refractivity contribution in [3.8, 4) is 11.5 Å². The van der Waals surface area contributed by atoms with Crippen LogP contribution in [0.2, 0.25) is 5.02 Å². The van der Waals surface area contributed by atoms with Crippen LogP contribution in [-0.4, -0.2) is 32.7 Å². The minimum atomic E-state index is -3.84. The summed E-state index contributed by atoms with van der Waals surface area (Å²) >= 11 is 5.94. The summed E-state index contributed by atoms with van der Waals surface area (Å²) in [5.74, 6) is 0.324. The van der Waals surface area contributed by atoms with Crippen molar-refractivity contribution in [2.75, 3.05) is 18.5 Å². The summed E-state index contributed by atoms with van der Waals surface area (Å²) < 4.78 is 37.7. The molecule has 1 aliphatic heterocycles. The van der Waals surface area contributed by atoms with Crippen LogP contribution in [0.25, 0.3) is 11.5 Å². The predicted octanol–water partition coefficient (Wildman–Crippen LogP) is 4.42. The lowest BCUT2D eigenvalue weighted by Gasteiger charge is -2.10. The molecule has 2 heterocycles. The molecule has 0 aliphatic carbocycles. The molecule has 0 saturated carbocycles. The molecule has 8 heteroatoms. The fraction of sp³-hybridized carbons (Fsp3) is 0.250. The molecule has 0 bridgehead atoms. The van der Waals surface area contributed by atoms with E-state index in [0.29, 0.717) is 23.7 Å². The van der Waals surface area contributed by atoms with Gasteiger partial charge in [0.05, 0.1) is 11.0 Å². The van der Waals surface area contributed by atoms with Gasteiger partial charge in [-0.25, -0.2) is 8.42 Å². The number of sulfone groups is 1. The van der Waals surface area contributed by atoms with Crippen molar-refractivity contribution in [1.82, 2.24) is 4.98 Å². The Hall–Kier alpha value is -2.35. The number of nitrogens with one attached hydrogen (secondary N) is 1. The van der Waals surface area contributed by atoms with Crippen LogP contribution in [0.4, 0.5) is 5.88 Å². The molecule has 0 spiro atoms. The van der Waals surface area contributed by atoms with Gasteiger partial charge in [0.25, 0.3) is 0 Å². The van der Waals surface area contributed by atoms with Crippen LogP contribution in [0.5, 0.6) is 0 Å². The first-order valence-electron chi connectivity index (χ1n) is 8.96. The van der Waals surface area contributed by atoms with E-state index in [-0.39, 0.29) is 27.8 Å². The zero-order chi connectivity index (χ0) is 19.6. The number of benzene rings is 2. The third-order valence-electron chi connectivity index (χ3n) is 4.51. The Balaban J connectivity index is 1.72. The Morgan fingerprint density at radius 2 is 1.86 bits per heavy atom. The van der Waals surface area contributed by atoms with Crippen LogP contribution in [-0.2, 0) is 14.6 Å². The van der Waals surface area contributed by atoms with Gasteiger partial charge in [-0.3, -0.25) is 0 Å². The molecular weight excluding hydrogens is 400 g/mol. The second-order valence-electron chi connectivity index (χ2n) is 6.49. The third kappa shape index (κ3) is 3.92. The second kappa shape index (κ2) is 7.95. The molecule has 4 rings (SSSR count). The third-order valence-corrected chi connectivity index (χ3v) is 6.44. The van der Waals surface area contributed by atoms with E-state index in [1.54, 1.807) is 42.5 Å². The van der Waals surface area contributed by atoms with Crippen molar-refractivity contribution in [1.29, 1.82) is 0 Å². The van der Waals surface area contributed by atoms with Crippen molar-refractivity contribution in [2.24, 2.45) is 0 Å². The number of aromatic nitrogens is 1. The number of anilines is 1. The number of rotatable bonds is 6. The standard InChI is InChI=1S/C20H19ClN2O4S/c21-15-10-8-14(9-11-15)18-23-20(28(24,25)17-6-2-1-3-7-17)19(27-18)22-13-16-5-4-12-26-16/h1-3,6-11,16,22H,4-5,12-13H2. The monoisotopic (exact) mass is 418 g/mol. The average molecular weight is 419 g/mol. The fourth-order valence-corrected chi connectivity index (χ4v) is 4.46. The van der Waals surface area contributed by atoms with E-state index >= 15 is 0 Å². The maximum Gasteiger partial charge on any atom is 0.233 e. The fourth-order valence-electron chi connectivity index (χ4n) is 3.04. The molecule has 0 amide bonds. The normalized spacial score (nSPS) is 17.0. The zero-order valence-electron chi connectivity index (χ0n) is 15.0. The lowest BCUT2D eigenvalue weighted by Crippen LogP contribution is -2.19. The molecule has 1 aliphatic rings. The van der Waals surface area contributed by atoms with Crippen molar-refractivity contribution in [3.05, 3.63) is 59.6 Å². The number of halogens is 1. The van der Waals surface area contributed by atoms with Gasteiger partial charge in [-0.1, -0.05) is 29.8 Å². The molecule has 146 valence electrons. The molecule has 2 aromatic carbocycles. The Bertz CT molecular complexity index is 1040. The summed E-state index contributed by atoms with van der Waals surface area (Å²) in [6.07, 6.45) is 1.94. The van der Waals surface area contributed by atoms with E-state index in [0.717, 1.165) is 12.8 Å². The zero-order valence-corrected chi connectivity index (χ0v) is 16.5. The van der Waals surface area contributed by atoms with E-state index in [1.807, 2.05) is 0 Å². The van der Waals surface area contributed by atoms with Crippen LogP contribution in [0.3, 0.4) is 0 Å². The number of ether oxygens (including phenoxy) is 1. The van der Waals surface area contributed by atoms with Crippen LogP contribution < -0.4 is 5.32 Å². The summed E-state index contributed by atoms with van der Waals surface area (Å²) in [6, 6.07) is 15.0. The van der Waals surface area contributed by atoms with Gasteiger partial charge in [0, 0.05) is 23.7 Å². The molecule has 1 saturated heterocycles. The highest BCUT2D eigenvalue weighted by Crippen LogP contribution is 2.33. The van der Waals surface area contributed by atoms with Crippen LogP contribution >= 0.6 is 11.6 Å².